The van der Waals surface area contributed by atoms with Crippen LogP contribution in [0.3, 0.4) is 0 Å². The highest BCUT2D eigenvalue weighted by atomic mass is 35.5. The summed E-state index contributed by atoms with van der Waals surface area (Å²) in [6.45, 7) is 0. The number of allylic oxidation sites excluding steroid dienone is 1. The highest BCUT2D eigenvalue weighted by molar-refractivity contribution is 6.30. The summed E-state index contributed by atoms with van der Waals surface area (Å²) in [5, 5.41) is 3.16. The van der Waals surface area contributed by atoms with Crippen molar-refractivity contribution in [1.29, 1.82) is 0 Å². The standard InChI is InChI=1S/C16H11ClF3NO/c17-13-6-4-11(5-7-13)15(22)8-9-21-14-3-1-2-12(10-14)16(18,19)20/h1-10,21H. The average molecular weight is 326 g/mol. The van der Waals surface area contributed by atoms with Crippen LogP contribution in [0, 0.1) is 0 Å². The number of alkyl halides is 3. The van der Waals surface area contributed by atoms with Crippen molar-refractivity contribution < 1.29 is 18.0 Å². The van der Waals surface area contributed by atoms with Crippen molar-refractivity contribution in [1.82, 2.24) is 0 Å². The molecule has 6 heteroatoms. The highest BCUT2D eigenvalue weighted by Crippen LogP contribution is 2.30. The van der Waals surface area contributed by atoms with Gasteiger partial charge >= 0.3 is 6.18 Å². The van der Waals surface area contributed by atoms with Gasteiger partial charge in [0.15, 0.2) is 5.78 Å². The Morgan fingerprint density at radius 3 is 2.41 bits per heavy atom. The van der Waals surface area contributed by atoms with Crippen LogP contribution in [0.2, 0.25) is 5.02 Å². The maximum Gasteiger partial charge on any atom is 0.416 e. The lowest BCUT2D eigenvalue weighted by atomic mass is 10.1. The van der Waals surface area contributed by atoms with Crippen molar-refractivity contribution in [2.75, 3.05) is 5.32 Å². The summed E-state index contributed by atoms with van der Waals surface area (Å²) in [5.74, 6) is -0.281. The van der Waals surface area contributed by atoms with Crippen LogP contribution in [0.15, 0.2) is 60.8 Å². The second-order valence-electron chi connectivity index (χ2n) is 4.43. The zero-order chi connectivity index (χ0) is 16.2. The molecule has 0 aliphatic heterocycles. The molecule has 114 valence electrons. The second kappa shape index (κ2) is 6.66. The van der Waals surface area contributed by atoms with E-state index in [9.17, 15) is 18.0 Å². The summed E-state index contributed by atoms with van der Waals surface area (Å²) in [7, 11) is 0. The van der Waals surface area contributed by atoms with Crippen molar-refractivity contribution in [2.45, 2.75) is 6.18 Å². The first kappa shape index (κ1) is 16.1. The molecule has 2 nitrogen and oxygen atoms in total. The number of hydrogen-bond acceptors (Lipinski definition) is 2. The Balaban J connectivity index is 2.03. The monoisotopic (exact) mass is 325 g/mol. The van der Waals surface area contributed by atoms with Crippen LogP contribution in [0.4, 0.5) is 18.9 Å². The number of ketones is 1. The quantitative estimate of drug-likeness (QED) is 0.621. The molecule has 0 radical (unpaired) electrons. The first-order chi connectivity index (χ1) is 10.4. The molecule has 1 N–H and O–H groups in total. The molecule has 0 bridgehead atoms. The van der Waals surface area contributed by atoms with Gasteiger partial charge in [-0.15, -0.1) is 0 Å². The van der Waals surface area contributed by atoms with Gasteiger partial charge in [-0.3, -0.25) is 4.79 Å². The fraction of sp³-hybridized carbons (Fsp3) is 0.0625. The average Bonchev–Trinajstić information content (AvgIpc) is 2.47. The Morgan fingerprint density at radius 1 is 1.09 bits per heavy atom. The van der Waals surface area contributed by atoms with E-state index in [4.69, 9.17) is 11.6 Å². The lowest BCUT2D eigenvalue weighted by molar-refractivity contribution is -0.137. The van der Waals surface area contributed by atoms with Crippen LogP contribution in [0.1, 0.15) is 15.9 Å². The topological polar surface area (TPSA) is 29.1 Å². The van der Waals surface area contributed by atoms with Crippen molar-refractivity contribution in [3.05, 3.63) is 77.0 Å². The van der Waals surface area contributed by atoms with E-state index in [1.165, 1.54) is 24.4 Å². The molecule has 2 aromatic rings. The van der Waals surface area contributed by atoms with Gasteiger partial charge < -0.3 is 5.32 Å². The van der Waals surface area contributed by atoms with Crippen LogP contribution in [-0.2, 0) is 6.18 Å². The molecular weight excluding hydrogens is 315 g/mol. The molecule has 0 saturated carbocycles. The fourth-order valence-corrected chi connectivity index (χ4v) is 1.84. The molecule has 2 aromatic carbocycles. The van der Waals surface area contributed by atoms with Crippen molar-refractivity contribution in [3.63, 3.8) is 0 Å². The van der Waals surface area contributed by atoms with Crippen LogP contribution in [0.5, 0.6) is 0 Å². The smallest absolute Gasteiger partial charge is 0.362 e. The summed E-state index contributed by atoms with van der Waals surface area (Å²) in [6.07, 6.45) is -1.86. The molecule has 2 rings (SSSR count). The van der Waals surface area contributed by atoms with Gasteiger partial charge in [-0.1, -0.05) is 17.7 Å². The summed E-state index contributed by atoms with van der Waals surface area (Å²) < 4.78 is 37.7. The first-order valence-corrected chi connectivity index (χ1v) is 6.64. The van der Waals surface area contributed by atoms with E-state index < -0.39 is 11.7 Å². The minimum absolute atomic E-state index is 0.245. The van der Waals surface area contributed by atoms with E-state index in [0.29, 0.717) is 10.6 Å². The maximum atomic E-state index is 12.6. The number of rotatable bonds is 4. The third-order valence-electron chi connectivity index (χ3n) is 2.80. The summed E-state index contributed by atoms with van der Waals surface area (Å²) >= 11 is 5.72. The van der Waals surface area contributed by atoms with Gasteiger partial charge in [0.2, 0.25) is 0 Å². The SMILES string of the molecule is O=C(C=CNc1cccc(C(F)(F)F)c1)c1ccc(Cl)cc1. The van der Waals surface area contributed by atoms with E-state index in [1.807, 2.05) is 0 Å². The lowest BCUT2D eigenvalue weighted by Crippen LogP contribution is -2.05. The van der Waals surface area contributed by atoms with E-state index >= 15 is 0 Å². The summed E-state index contributed by atoms with van der Waals surface area (Å²) in [5.41, 5.74) is -0.0728. The Morgan fingerprint density at radius 2 is 1.77 bits per heavy atom. The molecule has 0 atom stereocenters. The Hall–Kier alpha value is -2.27. The van der Waals surface area contributed by atoms with Crippen LogP contribution < -0.4 is 5.32 Å². The number of carbonyl (C=O) groups excluding carboxylic acids is 1. The summed E-state index contributed by atoms with van der Waals surface area (Å²) in [6, 6.07) is 11.0. The minimum atomic E-state index is -4.40. The van der Waals surface area contributed by atoms with Gasteiger partial charge in [-0.25, -0.2) is 0 Å². The van der Waals surface area contributed by atoms with Gasteiger partial charge in [0.1, 0.15) is 0 Å². The summed E-state index contributed by atoms with van der Waals surface area (Å²) in [4.78, 5) is 11.8. The molecule has 0 spiro atoms. The van der Waals surface area contributed by atoms with E-state index in [0.717, 1.165) is 12.1 Å². The Kier molecular flexibility index (Phi) is 4.88. The van der Waals surface area contributed by atoms with Crippen LogP contribution in [-0.4, -0.2) is 5.78 Å². The first-order valence-electron chi connectivity index (χ1n) is 6.26. The van der Waals surface area contributed by atoms with Crippen molar-refractivity contribution in [3.8, 4) is 0 Å². The van der Waals surface area contributed by atoms with E-state index in [1.54, 1.807) is 24.3 Å². The Bertz CT molecular complexity index is 693. The number of anilines is 1. The van der Waals surface area contributed by atoms with E-state index in [2.05, 4.69) is 5.32 Å². The molecule has 0 saturated heterocycles. The van der Waals surface area contributed by atoms with Gasteiger partial charge in [-0.05, 0) is 42.5 Å². The zero-order valence-electron chi connectivity index (χ0n) is 11.2. The van der Waals surface area contributed by atoms with Gasteiger partial charge in [0, 0.05) is 28.5 Å². The lowest BCUT2D eigenvalue weighted by Gasteiger charge is -2.08. The number of halogens is 4. The molecule has 0 unspecified atom stereocenters. The number of carbonyl (C=O) groups is 1. The van der Waals surface area contributed by atoms with Crippen LogP contribution in [0.25, 0.3) is 0 Å². The predicted octanol–water partition coefficient (Wildman–Crippen LogP) is 5.17. The molecule has 0 fully saturated rings. The molecule has 0 aliphatic rings. The highest BCUT2D eigenvalue weighted by Gasteiger charge is 2.30. The number of nitrogens with one attached hydrogen (secondary N) is 1. The molecule has 22 heavy (non-hydrogen) atoms. The van der Waals surface area contributed by atoms with E-state index in [-0.39, 0.29) is 11.5 Å². The molecular formula is C16H11ClF3NO. The molecule has 0 aliphatic carbocycles. The molecule has 0 heterocycles. The fourth-order valence-electron chi connectivity index (χ4n) is 1.71. The third-order valence-corrected chi connectivity index (χ3v) is 3.06. The largest absolute Gasteiger partial charge is 0.416 e. The zero-order valence-corrected chi connectivity index (χ0v) is 11.9. The van der Waals surface area contributed by atoms with Crippen molar-refractivity contribution >= 4 is 23.1 Å². The number of benzene rings is 2. The Labute approximate surface area is 130 Å². The molecule has 0 amide bonds. The normalized spacial score (nSPS) is 11.6. The van der Waals surface area contributed by atoms with Gasteiger partial charge in [-0.2, -0.15) is 13.2 Å². The van der Waals surface area contributed by atoms with Crippen LogP contribution >= 0.6 is 11.6 Å². The second-order valence-corrected chi connectivity index (χ2v) is 4.86. The predicted molar refractivity (Wildman–Crippen MR) is 80.0 cm³/mol. The number of hydrogen-bond donors (Lipinski definition) is 1. The van der Waals surface area contributed by atoms with Gasteiger partial charge in [0.25, 0.3) is 0 Å². The minimum Gasteiger partial charge on any atom is -0.362 e. The maximum absolute atomic E-state index is 12.6. The third kappa shape index (κ3) is 4.36. The van der Waals surface area contributed by atoms with Crippen molar-refractivity contribution in [2.24, 2.45) is 0 Å². The molecule has 0 aromatic heterocycles. The van der Waals surface area contributed by atoms with Gasteiger partial charge in [0.05, 0.1) is 5.56 Å².